The third-order valence-electron chi connectivity index (χ3n) is 4.86. The van der Waals surface area contributed by atoms with Crippen LogP contribution in [0, 0.1) is 0 Å². The van der Waals surface area contributed by atoms with Gasteiger partial charge in [-0.05, 0) is 67.6 Å². The van der Waals surface area contributed by atoms with Gasteiger partial charge in [0.2, 0.25) is 5.91 Å². The third-order valence-corrected chi connectivity index (χ3v) is 4.86. The van der Waals surface area contributed by atoms with Crippen LogP contribution in [-0.2, 0) is 11.2 Å². The Morgan fingerprint density at radius 2 is 1.63 bits per heavy atom. The zero-order valence-corrected chi connectivity index (χ0v) is 15.7. The molecule has 3 rings (SSSR count). The molecule has 1 aliphatic heterocycles. The van der Waals surface area contributed by atoms with Crippen LogP contribution in [0.4, 0.5) is 5.69 Å². The van der Waals surface area contributed by atoms with Gasteiger partial charge in [0.15, 0.2) is 0 Å². The van der Waals surface area contributed by atoms with Crippen molar-refractivity contribution in [1.82, 2.24) is 4.90 Å². The van der Waals surface area contributed by atoms with Gasteiger partial charge in [-0.1, -0.05) is 12.1 Å². The van der Waals surface area contributed by atoms with E-state index in [4.69, 9.17) is 4.74 Å². The van der Waals surface area contributed by atoms with Crippen LogP contribution in [0.25, 0.3) is 0 Å². The van der Waals surface area contributed by atoms with Crippen LogP contribution in [0.5, 0.6) is 5.75 Å². The normalized spacial score (nSPS) is 13.9. The van der Waals surface area contributed by atoms with Gasteiger partial charge in [-0.3, -0.25) is 9.59 Å². The molecule has 0 bridgehead atoms. The molecule has 2 aromatic carbocycles. The molecule has 5 heteroatoms. The Labute approximate surface area is 160 Å². The van der Waals surface area contributed by atoms with E-state index in [1.165, 1.54) is 6.42 Å². The van der Waals surface area contributed by atoms with Crippen molar-refractivity contribution in [2.45, 2.75) is 32.1 Å². The Bertz CT molecular complexity index is 763. The number of ether oxygens (including phenoxy) is 1. The number of piperidine rings is 1. The molecule has 5 nitrogen and oxygen atoms in total. The highest BCUT2D eigenvalue weighted by atomic mass is 16.5. The van der Waals surface area contributed by atoms with Gasteiger partial charge in [-0.15, -0.1) is 0 Å². The predicted molar refractivity (Wildman–Crippen MR) is 106 cm³/mol. The van der Waals surface area contributed by atoms with Gasteiger partial charge >= 0.3 is 0 Å². The van der Waals surface area contributed by atoms with Gasteiger partial charge in [0.05, 0.1) is 7.11 Å². The first kappa shape index (κ1) is 19.0. The lowest BCUT2D eigenvalue weighted by molar-refractivity contribution is -0.116. The number of anilines is 1. The summed E-state index contributed by atoms with van der Waals surface area (Å²) in [5.74, 6) is 0.843. The summed E-state index contributed by atoms with van der Waals surface area (Å²) in [5, 5.41) is 2.89. The number of carbonyl (C=O) groups is 2. The quantitative estimate of drug-likeness (QED) is 0.844. The second-order valence-corrected chi connectivity index (χ2v) is 6.83. The minimum Gasteiger partial charge on any atom is -0.497 e. The SMILES string of the molecule is COc1ccc(CCC(=O)Nc2ccc(C(=O)N3CCCCC3)cc2)cc1. The number of aryl methyl sites for hydroxylation is 1. The molecule has 0 saturated carbocycles. The molecule has 2 aromatic rings. The summed E-state index contributed by atoms with van der Waals surface area (Å²) in [5.41, 5.74) is 2.48. The summed E-state index contributed by atoms with van der Waals surface area (Å²) in [6, 6.07) is 14.9. The maximum absolute atomic E-state index is 12.5. The maximum atomic E-state index is 12.5. The molecule has 0 spiro atoms. The lowest BCUT2D eigenvalue weighted by Gasteiger charge is -2.26. The fourth-order valence-electron chi connectivity index (χ4n) is 3.25. The van der Waals surface area contributed by atoms with Crippen molar-refractivity contribution in [3.8, 4) is 5.75 Å². The van der Waals surface area contributed by atoms with Crippen molar-refractivity contribution in [2.24, 2.45) is 0 Å². The van der Waals surface area contributed by atoms with E-state index in [0.29, 0.717) is 24.1 Å². The highest BCUT2D eigenvalue weighted by Crippen LogP contribution is 2.16. The first-order valence-electron chi connectivity index (χ1n) is 9.48. The summed E-state index contributed by atoms with van der Waals surface area (Å²) in [7, 11) is 1.63. The van der Waals surface area contributed by atoms with Crippen LogP contribution in [0.15, 0.2) is 48.5 Å². The number of hydrogen-bond acceptors (Lipinski definition) is 3. The zero-order valence-electron chi connectivity index (χ0n) is 15.7. The van der Waals surface area contributed by atoms with Crippen LogP contribution in [0.1, 0.15) is 41.6 Å². The van der Waals surface area contributed by atoms with Gasteiger partial charge in [0.25, 0.3) is 5.91 Å². The minimum atomic E-state index is -0.0408. The number of methoxy groups -OCH3 is 1. The first-order valence-corrected chi connectivity index (χ1v) is 9.48. The monoisotopic (exact) mass is 366 g/mol. The molecule has 0 atom stereocenters. The van der Waals surface area contributed by atoms with Gasteiger partial charge in [0.1, 0.15) is 5.75 Å². The third kappa shape index (κ3) is 5.33. The highest BCUT2D eigenvalue weighted by Gasteiger charge is 2.17. The highest BCUT2D eigenvalue weighted by molar-refractivity contribution is 5.95. The number of nitrogens with one attached hydrogen (secondary N) is 1. The molecule has 1 N–H and O–H groups in total. The van der Waals surface area contributed by atoms with E-state index in [-0.39, 0.29) is 11.8 Å². The molecule has 0 unspecified atom stereocenters. The van der Waals surface area contributed by atoms with Crippen LogP contribution in [-0.4, -0.2) is 36.9 Å². The second kappa shape index (κ2) is 9.21. The van der Waals surface area contributed by atoms with E-state index in [1.807, 2.05) is 29.2 Å². The lowest BCUT2D eigenvalue weighted by atomic mass is 10.1. The van der Waals surface area contributed by atoms with E-state index in [2.05, 4.69) is 5.32 Å². The number of carbonyl (C=O) groups excluding carboxylic acids is 2. The molecule has 0 aliphatic carbocycles. The Kier molecular flexibility index (Phi) is 6.47. The molecular weight excluding hydrogens is 340 g/mol. The maximum Gasteiger partial charge on any atom is 0.253 e. The molecule has 0 radical (unpaired) electrons. The van der Waals surface area contributed by atoms with Gasteiger partial charge < -0.3 is 15.0 Å². The number of likely N-dealkylation sites (tertiary alicyclic amines) is 1. The molecule has 1 fully saturated rings. The van der Waals surface area contributed by atoms with Gasteiger partial charge in [-0.2, -0.15) is 0 Å². The fraction of sp³-hybridized carbons (Fsp3) is 0.364. The van der Waals surface area contributed by atoms with E-state index in [9.17, 15) is 9.59 Å². The summed E-state index contributed by atoms with van der Waals surface area (Å²) in [6.07, 6.45) is 4.43. The Morgan fingerprint density at radius 1 is 0.963 bits per heavy atom. The fourth-order valence-corrected chi connectivity index (χ4v) is 3.25. The van der Waals surface area contributed by atoms with Crippen molar-refractivity contribution in [3.63, 3.8) is 0 Å². The standard InChI is InChI=1S/C22H26N2O3/c1-27-20-12-5-17(6-13-20)7-14-21(25)23-19-10-8-18(9-11-19)22(26)24-15-3-2-4-16-24/h5-6,8-13H,2-4,7,14-16H2,1H3,(H,23,25). The summed E-state index contributed by atoms with van der Waals surface area (Å²) in [6.45, 7) is 1.67. The molecule has 1 aliphatic rings. The van der Waals surface area contributed by atoms with Crippen molar-refractivity contribution in [3.05, 3.63) is 59.7 Å². The number of nitrogens with zero attached hydrogens (tertiary/aromatic N) is 1. The van der Waals surface area contributed by atoms with Gasteiger partial charge in [0, 0.05) is 30.8 Å². The Balaban J connectivity index is 1.49. The van der Waals surface area contributed by atoms with Crippen LogP contribution >= 0.6 is 0 Å². The Morgan fingerprint density at radius 3 is 2.26 bits per heavy atom. The van der Waals surface area contributed by atoms with Crippen molar-refractivity contribution in [1.29, 1.82) is 0 Å². The largest absolute Gasteiger partial charge is 0.497 e. The molecule has 1 heterocycles. The molecule has 27 heavy (non-hydrogen) atoms. The van der Waals surface area contributed by atoms with Gasteiger partial charge in [-0.25, -0.2) is 0 Å². The summed E-state index contributed by atoms with van der Waals surface area (Å²) in [4.78, 5) is 26.5. The zero-order chi connectivity index (χ0) is 19.1. The number of benzene rings is 2. The number of hydrogen-bond donors (Lipinski definition) is 1. The lowest BCUT2D eigenvalue weighted by Crippen LogP contribution is -2.35. The number of rotatable bonds is 6. The van der Waals surface area contributed by atoms with E-state index >= 15 is 0 Å². The molecule has 2 amide bonds. The van der Waals surface area contributed by atoms with E-state index in [0.717, 1.165) is 37.2 Å². The van der Waals surface area contributed by atoms with Crippen LogP contribution in [0.2, 0.25) is 0 Å². The molecule has 0 aromatic heterocycles. The summed E-state index contributed by atoms with van der Waals surface area (Å²) >= 11 is 0. The summed E-state index contributed by atoms with van der Waals surface area (Å²) < 4.78 is 5.13. The minimum absolute atomic E-state index is 0.0408. The average Bonchev–Trinajstić information content (AvgIpc) is 2.73. The van der Waals surface area contributed by atoms with E-state index < -0.39 is 0 Å². The first-order chi connectivity index (χ1) is 13.2. The number of amides is 2. The molecule has 1 saturated heterocycles. The predicted octanol–water partition coefficient (Wildman–Crippen LogP) is 3.89. The van der Waals surface area contributed by atoms with E-state index in [1.54, 1.807) is 31.4 Å². The topological polar surface area (TPSA) is 58.6 Å². The molecule has 142 valence electrons. The van der Waals surface area contributed by atoms with Crippen molar-refractivity contribution < 1.29 is 14.3 Å². The second-order valence-electron chi connectivity index (χ2n) is 6.83. The van der Waals surface area contributed by atoms with Crippen LogP contribution < -0.4 is 10.1 Å². The van der Waals surface area contributed by atoms with Crippen LogP contribution in [0.3, 0.4) is 0 Å². The average molecular weight is 366 g/mol. The smallest absolute Gasteiger partial charge is 0.253 e. The van der Waals surface area contributed by atoms with Crippen molar-refractivity contribution in [2.75, 3.05) is 25.5 Å². The molecular formula is C22H26N2O3. The Hall–Kier alpha value is -2.82. The van der Waals surface area contributed by atoms with Crippen molar-refractivity contribution >= 4 is 17.5 Å².